The largest absolute Gasteiger partial charge is 0.455 e. The normalized spacial score (nSPS) is 54.7. The molecule has 1 saturated heterocycles. The molecule has 2 heterocycles. The van der Waals surface area contributed by atoms with Crippen LogP contribution >= 0.6 is 0 Å². The maximum absolute atomic E-state index is 13.4. The average Bonchev–Trinajstić information content (AvgIpc) is 3.46. The van der Waals surface area contributed by atoms with Gasteiger partial charge in [0, 0.05) is 23.8 Å². The van der Waals surface area contributed by atoms with Gasteiger partial charge in [-0.1, -0.05) is 12.5 Å². The number of rotatable bonds is 2. The van der Waals surface area contributed by atoms with Gasteiger partial charge in [-0.15, -0.1) is 0 Å². The smallest absolute Gasteiger partial charge is 0.334 e. The van der Waals surface area contributed by atoms with Crippen LogP contribution in [-0.4, -0.2) is 61.7 Å². The van der Waals surface area contributed by atoms with Crippen molar-refractivity contribution in [1.29, 1.82) is 0 Å². The summed E-state index contributed by atoms with van der Waals surface area (Å²) in [6, 6.07) is 0. The fourth-order valence-corrected chi connectivity index (χ4v) is 9.74. The number of fused-ring (bicyclic) bond motifs is 4. The van der Waals surface area contributed by atoms with Crippen molar-refractivity contribution < 1.29 is 34.4 Å². The van der Waals surface area contributed by atoms with E-state index >= 15 is 0 Å². The second-order valence-electron chi connectivity index (χ2n) is 13.2. The first-order valence-electron chi connectivity index (χ1n) is 13.5. The highest BCUT2D eigenvalue weighted by Crippen LogP contribution is 2.75. The minimum Gasteiger partial charge on any atom is -0.455 e. The van der Waals surface area contributed by atoms with Crippen LogP contribution in [0.15, 0.2) is 11.1 Å². The molecule has 35 heavy (non-hydrogen) atoms. The molecule has 0 radical (unpaired) electrons. The molecule has 0 bridgehead atoms. The van der Waals surface area contributed by atoms with E-state index in [0.717, 1.165) is 18.4 Å². The molecule has 0 aromatic heterocycles. The SMILES string of the molecule is CC1=C(C)C(=O)OC(C(C)(O)C2(O)CCC3(O)C4CC5OC56CCCC(=O)C6(C)C4CCC32C)C1. The zero-order valence-corrected chi connectivity index (χ0v) is 21.6. The van der Waals surface area contributed by atoms with Crippen LogP contribution in [-0.2, 0) is 19.1 Å². The number of hydrogen-bond acceptors (Lipinski definition) is 7. The first-order valence-corrected chi connectivity index (χ1v) is 13.5. The molecule has 2 aliphatic heterocycles. The number of aliphatic hydroxyl groups is 3. The summed E-state index contributed by atoms with van der Waals surface area (Å²) in [5.41, 5.74) is -5.31. The predicted molar refractivity (Wildman–Crippen MR) is 126 cm³/mol. The lowest BCUT2D eigenvalue weighted by molar-refractivity contribution is -0.282. The van der Waals surface area contributed by atoms with Gasteiger partial charge in [0.2, 0.25) is 0 Å². The first-order chi connectivity index (χ1) is 16.2. The van der Waals surface area contributed by atoms with Gasteiger partial charge in [-0.3, -0.25) is 4.79 Å². The highest BCUT2D eigenvalue weighted by atomic mass is 16.6. The third-order valence-corrected chi connectivity index (χ3v) is 12.4. The molecule has 4 saturated carbocycles. The molecule has 0 amide bonds. The molecule has 7 heteroatoms. The maximum atomic E-state index is 13.4. The lowest BCUT2D eigenvalue weighted by Gasteiger charge is -2.63. The van der Waals surface area contributed by atoms with Gasteiger partial charge in [0.15, 0.2) is 0 Å². The zero-order valence-electron chi connectivity index (χ0n) is 21.6. The summed E-state index contributed by atoms with van der Waals surface area (Å²) >= 11 is 0. The Morgan fingerprint density at radius 1 is 1.03 bits per heavy atom. The molecule has 3 N–H and O–H groups in total. The Morgan fingerprint density at radius 2 is 1.74 bits per heavy atom. The quantitative estimate of drug-likeness (QED) is 0.404. The molecular weight excluding hydrogens is 448 g/mol. The van der Waals surface area contributed by atoms with E-state index in [0.29, 0.717) is 44.1 Å². The summed E-state index contributed by atoms with van der Waals surface area (Å²) in [6.07, 6.45) is 4.11. The molecule has 10 unspecified atom stereocenters. The molecule has 0 aromatic carbocycles. The molecule has 6 rings (SSSR count). The fraction of sp³-hybridized carbons (Fsp3) is 0.857. The van der Waals surface area contributed by atoms with Crippen LogP contribution in [0, 0.1) is 22.7 Å². The molecular formula is C28H40O7. The monoisotopic (exact) mass is 488 g/mol. The fourth-order valence-electron chi connectivity index (χ4n) is 9.74. The van der Waals surface area contributed by atoms with E-state index in [-0.39, 0.29) is 35.7 Å². The van der Waals surface area contributed by atoms with Gasteiger partial charge >= 0.3 is 5.97 Å². The van der Waals surface area contributed by atoms with Crippen LogP contribution in [0.3, 0.4) is 0 Å². The number of epoxide rings is 1. The van der Waals surface area contributed by atoms with E-state index in [2.05, 4.69) is 6.92 Å². The highest BCUT2D eigenvalue weighted by Gasteiger charge is 2.82. The molecule has 5 fully saturated rings. The molecule has 194 valence electrons. The zero-order chi connectivity index (χ0) is 25.4. The van der Waals surface area contributed by atoms with Crippen LogP contribution in [0.5, 0.6) is 0 Å². The number of ketones is 1. The van der Waals surface area contributed by atoms with Crippen LogP contribution in [0.4, 0.5) is 0 Å². The molecule has 1 spiro atoms. The Hall–Kier alpha value is -1.28. The lowest BCUT2D eigenvalue weighted by atomic mass is 9.42. The Labute approximate surface area is 207 Å². The number of carbonyl (C=O) groups excluding carboxylic acids is 2. The van der Waals surface area contributed by atoms with Gasteiger partial charge in [0.25, 0.3) is 0 Å². The molecule has 0 aromatic rings. The summed E-state index contributed by atoms with van der Waals surface area (Å²) in [6.45, 7) is 9.08. The summed E-state index contributed by atoms with van der Waals surface area (Å²) in [7, 11) is 0. The van der Waals surface area contributed by atoms with Crippen LogP contribution in [0.2, 0.25) is 0 Å². The van der Waals surface area contributed by atoms with E-state index in [1.165, 1.54) is 0 Å². The second-order valence-corrected chi connectivity index (χ2v) is 13.2. The van der Waals surface area contributed by atoms with Crippen molar-refractivity contribution in [2.75, 3.05) is 0 Å². The summed E-state index contributed by atoms with van der Waals surface area (Å²) in [5, 5.41) is 36.7. The minimum absolute atomic E-state index is 0.0141. The number of ether oxygens (including phenoxy) is 2. The standard InChI is InChI=1S/C28H40O7/c1-15-13-20(34-22(30)16(15)2)25(5,31)28(33)12-11-26(32)18-14-21-27(35-21)9-6-7-19(29)24(27,4)17(18)8-10-23(26,28)3/h17-18,20-21,31-33H,6-14H2,1-5H3. The van der Waals surface area contributed by atoms with Gasteiger partial charge in [0.05, 0.1) is 17.1 Å². The predicted octanol–water partition coefficient (Wildman–Crippen LogP) is 2.98. The number of hydrogen-bond donors (Lipinski definition) is 3. The van der Waals surface area contributed by atoms with Crippen molar-refractivity contribution in [1.82, 2.24) is 0 Å². The Bertz CT molecular complexity index is 1050. The van der Waals surface area contributed by atoms with Crippen molar-refractivity contribution in [2.45, 2.75) is 127 Å². The van der Waals surface area contributed by atoms with E-state index in [4.69, 9.17) is 9.47 Å². The average molecular weight is 489 g/mol. The van der Waals surface area contributed by atoms with Crippen molar-refractivity contribution in [3.05, 3.63) is 11.1 Å². The number of cyclic esters (lactones) is 1. The van der Waals surface area contributed by atoms with Crippen molar-refractivity contribution in [3.8, 4) is 0 Å². The van der Waals surface area contributed by atoms with E-state index in [1.54, 1.807) is 13.8 Å². The molecule has 4 aliphatic carbocycles. The van der Waals surface area contributed by atoms with Crippen molar-refractivity contribution in [3.63, 3.8) is 0 Å². The van der Waals surface area contributed by atoms with Crippen LogP contribution < -0.4 is 0 Å². The summed E-state index contributed by atoms with van der Waals surface area (Å²) in [5.74, 6) is -0.431. The van der Waals surface area contributed by atoms with Crippen molar-refractivity contribution >= 4 is 11.8 Å². The highest BCUT2D eigenvalue weighted by molar-refractivity contribution is 5.90. The Morgan fingerprint density at radius 3 is 2.43 bits per heavy atom. The summed E-state index contributed by atoms with van der Waals surface area (Å²) in [4.78, 5) is 25.9. The van der Waals surface area contributed by atoms with Gasteiger partial charge in [0.1, 0.15) is 28.7 Å². The number of Topliss-reactive ketones (excluding diaryl/α,β-unsaturated/α-hetero) is 1. The number of esters is 1. The molecule has 7 nitrogen and oxygen atoms in total. The second kappa shape index (κ2) is 6.77. The lowest BCUT2D eigenvalue weighted by Crippen LogP contribution is -2.73. The molecule has 6 aliphatic rings. The minimum atomic E-state index is -1.75. The van der Waals surface area contributed by atoms with Gasteiger partial charge < -0.3 is 24.8 Å². The Kier molecular flexibility index (Phi) is 4.66. The van der Waals surface area contributed by atoms with E-state index in [9.17, 15) is 24.9 Å². The van der Waals surface area contributed by atoms with Crippen molar-refractivity contribution in [2.24, 2.45) is 22.7 Å². The maximum Gasteiger partial charge on any atom is 0.334 e. The third kappa shape index (κ3) is 2.47. The van der Waals surface area contributed by atoms with Gasteiger partial charge in [-0.2, -0.15) is 0 Å². The van der Waals surface area contributed by atoms with E-state index in [1.807, 2.05) is 13.8 Å². The Balaban J connectivity index is 1.38. The van der Waals surface area contributed by atoms with Gasteiger partial charge in [-0.25, -0.2) is 4.79 Å². The third-order valence-electron chi connectivity index (χ3n) is 12.4. The van der Waals surface area contributed by atoms with Gasteiger partial charge in [-0.05, 0) is 84.5 Å². The topological polar surface area (TPSA) is 117 Å². The number of carbonyl (C=O) groups is 2. The van der Waals surface area contributed by atoms with Crippen LogP contribution in [0.1, 0.15) is 92.4 Å². The first kappa shape index (κ1) is 24.1. The van der Waals surface area contributed by atoms with E-state index < -0.39 is 39.7 Å². The van der Waals surface area contributed by atoms with Crippen LogP contribution in [0.25, 0.3) is 0 Å². The molecule has 10 atom stereocenters. The summed E-state index contributed by atoms with van der Waals surface area (Å²) < 4.78 is 11.9.